The molecule has 2 saturated heterocycles. The Morgan fingerprint density at radius 3 is 1.90 bits per heavy atom. The van der Waals surface area contributed by atoms with Crippen LogP contribution in [0.3, 0.4) is 0 Å². The topological polar surface area (TPSA) is 202 Å². The lowest BCUT2D eigenvalue weighted by Gasteiger charge is -2.43. The van der Waals surface area contributed by atoms with Crippen LogP contribution in [0.5, 0.6) is 0 Å². The summed E-state index contributed by atoms with van der Waals surface area (Å²) in [5, 5.41) is 78.3. The number of ether oxygens (including phenoxy) is 4. The quantitative estimate of drug-likeness (QED) is 0.212. The maximum atomic E-state index is 10.2. The van der Waals surface area contributed by atoms with Crippen molar-refractivity contribution in [2.45, 2.75) is 87.3 Å². The molecule has 29 heavy (non-hydrogen) atoms. The average Bonchev–Trinajstić information content (AvgIpc) is 2.72. The highest BCUT2D eigenvalue weighted by molar-refractivity contribution is 4.99. The lowest BCUT2D eigenvalue weighted by molar-refractivity contribution is -0.339. The smallest absolute Gasteiger partial charge is 0.188 e. The first-order chi connectivity index (χ1) is 13.6. The third-order valence-corrected chi connectivity index (χ3v) is 5.23. The zero-order valence-electron chi connectivity index (χ0n) is 16.1. The Hall–Kier alpha value is -0.950. The van der Waals surface area contributed by atoms with Crippen molar-refractivity contribution in [1.82, 2.24) is 0 Å². The van der Waals surface area contributed by atoms with Gasteiger partial charge in [-0.3, -0.25) is 0 Å². The standard InChI is InChI=1S/C17H29NO11/c1-3-17(2,6-18)29-16-14(25)12(23)10(21)8(28-16)5-26-15-13(24)11(22)9(20)7(4-19)27-15/h7-16,19-25H,3-5H2,1-2H3/t7-,8-,9-,10-,11+,12+,13-,14-,15-,16+,17?/m1/s1. The second kappa shape index (κ2) is 9.90. The number of nitriles is 1. The van der Waals surface area contributed by atoms with E-state index in [4.69, 9.17) is 18.9 Å². The molecule has 0 aromatic heterocycles. The van der Waals surface area contributed by atoms with Gasteiger partial charge in [-0.2, -0.15) is 5.26 Å². The molecule has 2 aliphatic rings. The van der Waals surface area contributed by atoms with Crippen molar-refractivity contribution < 1.29 is 54.7 Å². The first kappa shape index (κ1) is 24.3. The maximum absolute atomic E-state index is 10.2. The molecule has 0 aromatic carbocycles. The number of hydrogen-bond donors (Lipinski definition) is 7. The van der Waals surface area contributed by atoms with Gasteiger partial charge in [-0.05, 0) is 13.3 Å². The molecule has 2 rings (SSSR count). The van der Waals surface area contributed by atoms with Crippen molar-refractivity contribution in [3.05, 3.63) is 0 Å². The molecule has 11 atom stereocenters. The summed E-state index contributed by atoms with van der Waals surface area (Å²) in [6, 6.07) is 1.93. The molecule has 12 heteroatoms. The molecule has 0 saturated carbocycles. The second-order valence-corrected chi connectivity index (χ2v) is 7.36. The van der Waals surface area contributed by atoms with E-state index in [0.717, 1.165) is 0 Å². The van der Waals surface area contributed by atoms with Gasteiger partial charge in [-0.25, -0.2) is 0 Å². The number of rotatable bonds is 7. The van der Waals surface area contributed by atoms with Crippen LogP contribution in [0.1, 0.15) is 20.3 Å². The maximum Gasteiger partial charge on any atom is 0.188 e. The fourth-order valence-electron chi connectivity index (χ4n) is 2.99. The Labute approximate surface area is 167 Å². The van der Waals surface area contributed by atoms with Crippen molar-refractivity contribution in [3.63, 3.8) is 0 Å². The third kappa shape index (κ3) is 5.22. The van der Waals surface area contributed by atoms with E-state index in [-0.39, 0.29) is 6.42 Å². The van der Waals surface area contributed by atoms with Gasteiger partial charge in [0.15, 0.2) is 18.2 Å². The summed E-state index contributed by atoms with van der Waals surface area (Å²) < 4.78 is 21.4. The monoisotopic (exact) mass is 423 g/mol. The van der Waals surface area contributed by atoms with Crippen LogP contribution < -0.4 is 0 Å². The van der Waals surface area contributed by atoms with Gasteiger partial charge in [0, 0.05) is 0 Å². The molecule has 0 spiro atoms. The molecule has 0 amide bonds. The predicted molar refractivity (Wildman–Crippen MR) is 91.8 cm³/mol. The zero-order chi connectivity index (χ0) is 21.9. The normalized spacial score (nSPS) is 45.4. The third-order valence-electron chi connectivity index (χ3n) is 5.23. The van der Waals surface area contributed by atoms with Crippen LogP contribution in [-0.4, -0.2) is 116 Å². The predicted octanol–water partition coefficient (Wildman–Crippen LogP) is -3.68. The molecule has 0 aromatic rings. The van der Waals surface area contributed by atoms with Crippen molar-refractivity contribution in [2.24, 2.45) is 0 Å². The Morgan fingerprint density at radius 1 is 0.862 bits per heavy atom. The summed E-state index contributed by atoms with van der Waals surface area (Å²) in [5.74, 6) is 0. The lowest BCUT2D eigenvalue weighted by atomic mass is 9.98. The molecule has 12 nitrogen and oxygen atoms in total. The highest BCUT2D eigenvalue weighted by atomic mass is 16.7. The molecule has 0 radical (unpaired) electrons. The van der Waals surface area contributed by atoms with Crippen LogP contribution in [0, 0.1) is 11.3 Å². The first-order valence-electron chi connectivity index (χ1n) is 9.29. The van der Waals surface area contributed by atoms with E-state index >= 15 is 0 Å². The van der Waals surface area contributed by atoms with Crippen LogP contribution in [0.25, 0.3) is 0 Å². The zero-order valence-corrected chi connectivity index (χ0v) is 16.1. The molecule has 2 aliphatic heterocycles. The van der Waals surface area contributed by atoms with Crippen LogP contribution in [0.4, 0.5) is 0 Å². The minimum Gasteiger partial charge on any atom is -0.394 e. The van der Waals surface area contributed by atoms with Crippen LogP contribution >= 0.6 is 0 Å². The Balaban J connectivity index is 2.04. The molecule has 168 valence electrons. The molecule has 0 bridgehead atoms. The average molecular weight is 423 g/mol. The number of hydrogen-bond acceptors (Lipinski definition) is 12. The Morgan fingerprint density at radius 2 is 1.38 bits per heavy atom. The van der Waals surface area contributed by atoms with Gasteiger partial charge in [0.1, 0.15) is 48.8 Å². The Bertz CT molecular complexity index is 572. The fraction of sp³-hybridized carbons (Fsp3) is 0.941. The van der Waals surface area contributed by atoms with Crippen molar-refractivity contribution >= 4 is 0 Å². The van der Waals surface area contributed by atoms with E-state index in [1.807, 2.05) is 6.07 Å². The van der Waals surface area contributed by atoms with E-state index in [9.17, 15) is 41.0 Å². The lowest BCUT2D eigenvalue weighted by Crippen LogP contribution is -2.62. The van der Waals surface area contributed by atoms with Crippen LogP contribution in [0.15, 0.2) is 0 Å². The molecule has 0 aliphatic carbocycles. The number of aliphatic hydroxyl groups is 7. The molecule has 7 N–H and O–H groups in total. The van der Waals surface area contributed by atoms with Crippen LogP contribution in [0.2, 0.25) is 0 Å². The van der Waals surface area contributed by atoms with Gasteiger partial charge in [-0.1, -0.05) is 6.92 Å². The summed E-state index contributed by atoms with van der Waals surface area (Å²) in [5.41, 5.74) is -1.31. The summed E-state index contributed by atoms with van der Waals surface area (Å²) in [6.45, 7) is 2.05. The SMILES string of the molecule is CCC(C)(C#N)O[C@@H]1O[C@H](CO[C@@H]2O[C@H](CO)[C@@H](O)[C@H](O)[C@H]2O)[C@@H](O)[C@H](O)[C@H]1O. The van der Waals surface area contributed by atoms with E-state index in [1.54, 1.807) is 6.92 Å². The summed E-state index contributed by atoms with van der Waals surface area (Å²) in [4.78, 5) is 0. The summed E-state index contributed by atoms with van der Waals surface area (Å²) in [7, 11) is 0. The number of aliphatic hydroxyl groups excluding tert-OH is 7. The highest BCUT2D eigenvalue weighted by Gasteiger charge is 2.48. The van der Waals surface area contributed by atoms with Gasteiger partial charge in [0.2, 0.25) is 0 Å². The second-order valence-electron chi connectivity index (χ2n) is 7.36. The number of nitrogens with zero attached hydrogens (tertiary/aromatic N) is 1. The molecular formula is C17H29NO11. The van der Waals surface area contributed by atoms with Crippen molar-refractivity contribution in [1.29, 1.82) is 5.26 Å². The highest BCUT2D eigenvalue weighted by Crippen LogP contribution is 2.28. The Kier molecular flexibility index (Phi) is 8.31. The fourth-order valence-corrected chi connectivity index (χ4v) is 2.99. The first-order valence-corrected chi connectivity index (χ1v) is 9.29. The van der Waals surface area contributed by atoms with Gasteiger partial charge in [0.25, 0.3) is 0 Å². The van der Waals surface area contributed by atoms with Crippen LogP contribution in [-0.2, 0) is 18.9 Å². The minimum atomic E-state index is -1.67. The summed E-state index contributed by atoms with van der Waals surface area (Å²) in [6.07, 6.45) is -14.8. The van der Waals surface area contributed by atoms with E-state index in [1.165, 1.54) is 6.92 Å². The van der Waals surface area contributed by atoms with Gasteiger partial charge in [0.05, 0.1) is 19.3 Å². The van der Waals surface area contributed by atoms with E-state index in [2.05, 4.69) is 0 Å². The van der Waals surface area contributed by atoms with Gasteiger partial charge in [-0.15, -0.1) is 0 Å². The summed E-state index contributed by atoms with van der Waals surface area (Å²) >= 11 is 0. The van der Waals surface area contributed by atoms with Crippen molar-refractivity contribution in [3.8, 4) is 6.07 Å². The minimum absolute atomic E-state index is 0.265. The van der Waals surface area contributed by atoms with Crippen molar-refractivity contribution in [2.75, 3.05) is 13.2 Å². The van der Waals surface area contributed by atoms with E-state index < -0.39 is 80.2 Å². The molecule has 2 fully saturated rings. The van der Waals surface area contributed by atoms with E-state index in [0.29, 0.717) is 0 Å². The molecular weight excluding hydrogens is 394 g/mol. The van der Waals surface area contributed by atoms with Gasteiger partial charge >= 0.3 is 0 Å². The largest absolute Gasteiger partial charge is 0.394 e. The molecule has 2 heterocycles. The van der Waals surface area contributed by atoms with Gasteiger partial charge < -0.3 is 54.7 Å². The molecule has 1 unspecified atom stereocenters.